The summed E-state index contributed by atoms with van der Waals surface area (Å²) in [7, 11) is 0. The first-order valence-electron chi connectivity index (χ1n) is 30.9. The van der Waals surface area contributed by atoms with E-state index in [1.807, 2.05) is 0 Å². The number of carboxylic acid groups (broad SMARTS) is 1. The Bertz CT molecular complexity index is 2470. The number of ether oxygens (including phenoxy) is 24. The predicted molar refractivity (Wildman–Crippen MR) is 316 cm³/mol. The fourth-order valence-corrected chi connectivity index (χ4v) is 9.37. The van der Waals surface area contributed by atoms with Crippen molar-refractivity contribution in [1.82, 2.24) is 0 Å². The van der Waals surface area contributed by atoms with Gasteiger partial charge in [-0.25, -0.2) is 4.79 Å². The Balaban J connectivity index is 1.27. The molecule has 0 saturated carbocycles. The second kappa shape index (κ2) is 45.4. The third-order valence-electron chi connectivity index (χ3n) is 13.1. The maximum Gasteiger partial charge on any atom is 0.335 e. The highest BCUT2D eigenvalue weighted by Gasteiger charge is 2.47. The monoisotopic (exact) mass is 1380 g/mol. The first-order chi connectivity index (χ1) is 45.9. The molecule has 12 atom stereocenters. The van der Waals surface area contributed by atoms with Crippen molar-refractivity contribution in [3.63, 3.8) is 0 Å². The highest BCUT2D eigenvalue weighted by molar-refractivity contribution is 5.89. The van der Waals surface area contributed by atoms with Gasteiger partial charge in [0, 0.05) is 81.6 Å². The largest absolute Gasteiger partial charge is 0.487 e. The Labute approximate surface area is 554 Å². The lowest BCUT2D eigenvalue weighted by Gasteiger charge is -2.39. The van der Waals surface area contributed by atoms with Crippen molar-refractivity contribution in [3.05, 3.63) is 17.7 Å². The number of carboxylic acids is 1. The number of hydrogen-bond acceptors (Lipinski definition) is 34. The minimum Gasteiger partial charge on any atom is -0.487 e. The molecule has 0 unspecified atom stereocenters. The summed E-state index contributed by atoms with van der Waals surface area (Å²) in [5, 5.41) is 10.1. The molecule has 0 aliphatic carbocycles. The Morgan fingerprint density at radius 1 is 0.344 bits per heavy atom. The summed E-state index contributed by atoms with van der Waals surface area (Å²) in [6.07, 6.45) is -11.8. The molecule has 0 spiro atoms. The summed E-state index contributed by atoms with van der Waals surface area (Å²) in [6, 6.07) is 2.52. The number of carbonyl (C=O) groups excluding carboxylic acids is 9. The third kappa shape index (κ3) is 33.2. The SMILES string of the molecule is CC(=O)OC[C@H]1O[C@@H](OCCOCCOCCOc2cc(C(=O)O)cc(OCCOCCOCCO[C@H]3C[C@@H](OC(C)=O)[C@@H](OC(C)=O)[C@@H](COC(C)=O)O3)c2OCCOCCOCCO[C@H]2C[C@@H](OC(C)=O)[C@@H](OC(C)=O)[C@@H](COC(C)=O)O2)C[C@@H](OC(C)=O)[C@H]1OC(C)=O. The number of carbonyl (C=O) groups is 10. The molecule has 3 heterocycles. The zero-order chi connectivity index (χ0) is 70.4. The van der Waals surface area contributed by atoms with Crippen LogP contribution in [-0.4, -0.2) is 277 Å². The van der Waals surface area contributed by atoms with E-state index in [4.69, 9.17) is 114 Å². The van der Waals surface area contributed by atoms with E-state index in [1.165, 1.54) is 74.4 Å². The fourth-order valence-electron chi connectivity index (χ4n) is 9.37. The Hall–Kier alpha value is -7.16. The van der Waals surface area contributed by atoms with Gasteiger partial charge in [-0.2, -0.15) is 0 Å². The van der Waals surface area contributed by atoms with Gasteiger partial charge in [0.1, 0.15) is 76.3 Å². The van der Waals surface area contributed by atoms with Gasteiger partial charge < -0.3 is 119 Å². The Morgan fingerprint density at radius 2 is 0.594 bits per heavy atom. The van der Waals surface area contributed by atoms with Crippen LogP contribution in [0, 0.1) is 0 Å². The standard InChI is InChI=1S/C61H90O35/c1-36(62)85-33-51-58(91-42(7)68)48(88-39(4)65)30-54(94-51)81-24-18-75-12-10-73-16-22-79-46-28-45(61(71)72)29-47(80-23-17-74-11-13-76-19-25-82-55-31-49(89-40(5)66)59(92-43(8)69)52(95-55)34-86-37(2)63)57(46)84-27-21-78-15-14-77-20-26-83-56-32-50(90-41(6)67)60(93-44(9)70)53(96-56)35-87-38(3)64/h28-29,48-56,58-60H,10-27,30-35H2,1-9H3,(H,71,72)/t48-,49-,50-,51-,52-,53-,54-,55-,56-,58-,59-,60-/m1/s1. The van der Waals surface area contributed by atoms with E-state index in [0.717, 1.165) is 0 Å². The normalized spacial score (nSPS) is 23.1. The van der Waals surface area contributed by atoms with Gasteiger partial charge >= 0.3 is 59.7 Å². The number of hydrogen-bond donors (Lipinski definition) is 1. The molecule has 0 radical (unpaired) electrons. The number of aromatic carboxylic acids is 1. The second-order valence-electron chi connectivity index (χ2n) is 21.0. The molecule has 1 aromatic rings. The van der Waals surface area contributed by atoms with Crippen molar-refractivity contribution in [2.45, 2.75) is 155 Å². The Morgan fingerprint density at radius 3 is 0.844 bits per heavy atom. The topological polar surface area (TPSA) is 412 Å². The summed E-state index contributed by atoms with van der Waals surface area (Å²) in [5.41, 5.74) is -0.195. The minimum atomic E-state index is -1.30. The van der Waals surface area contributed by atoms with Crippen LogP contribution in [0.2, 0.25) is 0 Å². The molecule has 35 nitrogen and oxygen atoms in total. The molecule has 1 aromatic carbocycles. The van der Waals surface area contributed by atoms with E-state index in [1.54, 1.807) is 0 Å². The lowest BCUT2D eigenvalue weighted by Crippen LogP contribution is -2.54. The molecule has 0 bridgehead atoms. The zero-order valence-corrected chi connectivity index (χ0v) is 55.4. The van der Waals surface area contributed by atoms with Gasteiger partial charge in [-0.05, 0) is 12.1 Å². The smallest absolute Gasteiger partial charge is 0.335 e. The Kier molecular flexibility index (Phi) is 38.4. The van der Waals surface area contributed by atoms with Gasteiger partial charge in [-0.1, -0.05) is 0 Å². The molecule has 1 N–H and O–H groups in total. The third-order valence-corrected chi connectivity index (χ3v) is 13.1. The summed E-state index contributed by atoms with van der Waals surface area (Å²) >= 11 is 0. The number of benzene rings is 1. The molecule has 0 amide bonds. The van der Waals surface area contributed by atoms with E-state index >= 15 is 0 Å². The van der Waals surface area contributed by atoms with E-state index in [-0.39, 0.29) is 181 Å². The quantitative estimate of drug-likeness (QED) is 0.0546. The van der Waals surface area contributed by atoms with Crippen LogP contribution in [0.15, 0.2) is 12.1 Å². The van der Waals surface area contributed by atoms with Crippen molar-refractivity contribution in [1.29, 1.82) is 0 Å². The predicted octanol–water partition coefficient (Wildman–Crippen LogP) is 1.30. The molecule has 3 aliphatic rings. The molecular formula is C61H90O35. The number of esters is 9. The molecular weight excluding hydrogens is 1290 g/mol. The molecule has 544 valence electrons. The van der Waals surface area contributed by atoms with Gasteiger partial charge in [0.15, 0.2) is 48.7 Å². The van der Waals surface area contributed by atoms with Crippen LogP contribution in [0.5, 0.6) is 17.2 Å². The van der Waals surface area contributed by atoms with Crippen LogP contribution in [0.1, 0.15) is 91.9 Å². The lowest BCUT2D eigenvalue weighted by molar-refractivity contribution is -0.267. The van der Waals surface area contributed by atoms with Crippen LogP contribution in [0.3, 0.4) is 0 Å². The van der Waals surface area contributed by atoms with Crippen LogP contribution in [0.25, 0.3) is 0 Å². The van der Waals surface area contributed by atoms with Crippen molar-refractivity contribution in [2.75, 3.05) is 139 Å². The molecule has 96 heavy (non-hydrogen) atoms. The van der Waals surface area contributed by atoms with Crippen molar-refractivity contribution < 1.29 is 167 Å². The fraction of sp³-hybridized carbons (Fsp3) is 0.738. The van der Waals surface area contributed by atoms with Crippen molar-refractivity contribution in [3.8, 4) is 17.2 Å². The van der Waals surface area contributed by atoms with Crippen molar-refractivity contribution in [2.24, 2.45) is 0 Å². The van der Waals surface area contributed by atoms with E-state index in [0.29, 0.717) is 0 Å². The molecule has 3 aliphatic heterocycles. The average molecular weight is 1380 g/mol. The van der Waals surface area contributed by atoms with E-state index < -0.39 is 133 Å². The van der Waals surface area contributed by atoms with Crippen LogP contribution in [0.4, 0.5) is 0 Å². The van der Waals surface area contributed by atoms with Gasteiger partial charge in [-0.3, -0.25) is 43.2 Å². The van der Waals surface area contributed by atoms with E-state index in [2.05, 4.69) is 0 Å². The number of rotatable bonds is 46. The highest BCUT2D eigenvalue weighted by atomic mass is 16.7. The molecule has 0 aromatic heterocycles. The van der Waals surface area contributed by atoms with Crippen LogP contribution in [-0.2, 0) is 143 Å². The van der Waals surface area contributed by atoms with Gasteiger partial charge in [0.2, 0.25) is 5.75 Å². The summed E-state index contributed by atoms with van der Waals surface area (Å²) < 4.78 is 135. The molecule has 3 fully saturated rings. The highest BCUT2D eigenvalue weighted by Crippen LogP contribution is 2.39. The maximum atomic E-state index is 12.4. The zero-order valence-electron chi connectivity index (χ0n) is 55.4. The van der Waals surface area contributed by atoms with E-state index in [9.17, 15) is 53.1 Å². The summed E-state index contributed by atoms with van der Waals surface area (Å²) in [4.78, 5) is 118. The average Bonchev–Trinajstić information content (AvgIpc) is 0.858. The summed E-state index contributed by atoms with van der Waals surface area (Å²) in [6.45, 7) is 10.6. The summed E-state index contributed by atoms with van der Waals surface area (Å²) in [5.74, 6) is -6.94. The maximum absolute atomic E-state index is 12.4. The van der Waals surface area contributed by atoms with Crippen LogP contribution < -0.4 is 14.2 Å². The molecule has 3 saturated heterocycles. The first kappa shape index (κ1) is 81.3. The van der Waals surface area contributed by atoms with Gasteiger partial charge in [0.05, 0.1) is 105 Å². The lowest BCUT2D eigenvalue weighted by atomic mass is 10.0. The van der Waals surface area contributed by atoms with Crippen molar-refractivity contribution >= 4 is 59.7 Å². The molecule has 35 heteroatoms. The van der Waals surface area contributed by atoms with Crippen LogP contribution >= 0.6 is 0 Å². The molecule has 4 rings (SSSR count). The first-order valence-corrected chi connectivity index (χ1v) is 30.9. The second-order valence-corrected chi connectivity index (χ2v) is 21.0. The minimum absolute atomic E-state index is 0.00212. The van der Waals surface area contributed by atoms with Gasteiger partial charge in [-0.15, -0.1) is 0 Å². The van der Waals surface area contributed by atoms with Gasteiger partial charge in [0.25, 0.3) is 0 Å².